The first-order valence-corrected chi connectivity index (χ1v) is 8.53. The zero-order chi connectivity index (χ0) is 15.8. The van der Waals surface area contributed by atoms with Crippen LogP contribution in [0, 0.1) is 6.92 Å². The van der Waals surface area contributed by atoms with Crippen LogP contribution in [0.25, 0.3) is 0 Å². The van der Waals surface area contributed by atoms with Crippen molar-refractivity contribution in [1.82, 2.24) is 5.32 Å². The van der Waals surface area contributed by atoms with E-state index in [1.165, 1.54) is 16.7 Å². The van der Waals surface area contributed by atoms with E-state index in [0.29, 0.717) is 12.3 Å². The van der Waals surface area contributed by atoms with E-state index < -0.39 is 0 Å². The topological polar surface area (TPSA) is 55.1 Å². The van der Waals surface area contributed by atoms with Gasteiger partial charge in [0.1, 0.15) is 0 Å². The van der Waals surface area contributed by atoms with Gasteiger partial charge in [0.2, 0.25) is 5.91 Å². The van der Waals surface area contributed by atoms with Crippen LogP contribution in [0.2, 0.25) is 0 Å². The summed E-state index contributed by atoms with van der Waals surface area (Å²) in [6.07, 6.45) is 0.828. The number of amides is 1. The number of nitrogen functional groups attached to an aromatic ring is 1. The van der Waals surface area contributed by atoms with Gasteiger partial charge in [-0.25, -0.2) is 0 Å². The number of carbonyl (C=O) groups excluding carboxylic acids is 1. The Labute approximate surface area is 136 Å². The molecule has 4 heteroatoms. The van der Waals surface area contributed by atoms with Crippen molar-refractivity contribution in [2.24, 2.45) is 0 Å². The van der Waals surface area contributed by atoms with Gasteiger partial charge in [0.05, 0.1) is 5.75 Å². The number of benzene rings is 2. The number of nitrogens with one attached hydrogen (secondary N) is 1. The summed E-state index contributed by atoms with van der Waals surface area (Å²) in [6.45, 7) is 2.74. The minimum absolute atomic E-state index is 0.0908. The Morgan fingerprint density at radius 3 is 2.64 bits per heavy atom. The van der Waals surface area contributed by atoms with Gasteiger partial charge in [0.25, 0.3) is 0 Å². The molecule has 0 aliphatic rings. The molecule has 0 heterocycles. The average molecular weight is 314 g/mol. The zero-order valence-corrected chi connectivity index (χ0v) is 13.7. The molecule has 0 fully saturated rings. The molecule has 2 aromatic carbocycles. The molecule has 0 unspecified atom stereocenters. The van der Waals surface area contributed by atoms with Crippen molar-refractivity contribution in [3.63, 3.8) is 0 Å². The average Bonchev–Trinajstić information content (AvgIpc) is 2.49. The van der Waals surface area contributed by atoms with Crippen LogP contribution in [0.3, 0.4) is 0 Å². The highest BCUT2D eigenvalue weighted by atomic mass is 32.2. The highest BCUT2D eigenvalue weighted by Gasteiger charge is 2.02. The van der Waals surface area contributed by atoms with Crippen molar-refractivity contribution in [1.29, 1.82) is 0 Å². The molecule has 0 aliphatic heterocycles. The molecule has 0 saturated heterocycles. The van der Waals surface area contributed by atoms with Gasteiger partial charge in [-0.1, -0.05) is 42.0 Å². The van der Waals surface area contributed by atoms with Crippen LogP contribution in [0.1, 0.15) is 16.7 Å². The normalized spacial score (nSPS) is 10.4. The zero-order valence-electron chi connectivity index (χ0n) is 12.8. The first kappa shape index (κ1) is 16.4. The molecule has 3 nitrogen and oxygen atoms in total. The summed E-state index contributed by atoms with van der Waals surface area (Å²) in [7, 11) is 0. The van der Waals surface area contributed by atoms with Crippen molar-refractivity contribution >= 4 is 23.4 Å². The Hall–Kier alpha value is -1.94. The number of carbonyl (C=O) groups is 1. The maximum absolute atomic E-state index is 11.8. The Balaban J connectivity index is 1.62. The fourth-order valence-electron chi connectivity index (χ4n) is 2.15. The van der Waals surface area contributed by atoms with Gasteiger partial charge in [-0.3, -0.25) is 4.79 Å². The Morgan fingerprint density at radius 2 is 1.91 bits per heavy atom. The van der Waals surface area contributed by atoms with Gasteiger partial charge in [-0.2, -0.15) is 0 Å². The maximum Gasteiger partial charge on any atom is 0.230 e. The SMILES string of the molecule is Cc1cccc(CSCC(=O)NCCc2ccc(N)cc2)c1. The molecule has 0 atom stereocenters. The van der Waals surface area contributed by atoms with E-state index in [0.717, 1.165) is 17.9 Å². The van der Waals surface area contributed by atoms with Gasteiger partial charge in [-0.15, -0.1) is 11.8 Å². The third kappa shape index (κ3) is 5.82. The Morgan fingerprint density at radius 1 is 1.14 bits per heavy atom. The van der Waals surface area contributed by atoms with Gasteiger partial charge < -0.3 is 11.1 Å². The Kier molecular flexibility index (Phi) is 6.34. The number of anilines is 1. The van der Waals surface area contributed by atoms with Gasteiger partial charge >= 0.3 is 0 Å². The molecular weight excluding hydrogens is 292 g/mol. The first-order valence-electron chi connectivity index (χ1n) is 7.38. The smallest absolute Gasteiger partial charge is 0.230 e. The molecule has 0 saturated carbocycles. The molecular formula is C18H22N2OS. The minimum Gasteiger partial charge on any atom is -0.399 e. The fourth-order valence-corrected chi connectivity index (χ4v) is 2.95. The van der Waals surface area contributed by atoms with E-state index in [2.05, 4.69) is 36.5 Å². The summed E-state index contributed by atoms with van der Waals surface area (Å²) in [4.78, 5) is 11.8. The van der Waals surface area contributed by atoms with E-state index >= 15 is 0 Å². The van der Waals surface area contributed by atoms with Crippen molar-refractivity contribution in [3.05, 3.63) is 65.2 Å². The van der Waals surface area contributed by atoms with E-state index in [4.69, 9.17) is 5.73 Å². The second kappa shape index (κ2) is 8.49. The summed E-state index contributed by atoms with van der Waals surface area (Å²) in [5, 5.41) is 2.95. The lowest BCUT2D eigenvalue weighted by Crippen LogP contribution is -2.27. The number of rotatable bonds is 7. The van der Waals surface area contributed by atoms with Crippen LogP contribution in [0.5, 0.6) is 0 Å². The van der Waals surface area contributed by atoms with Gasteiger partial charge in [0, 0.05) is 18.0 Å². The number of aryl methyl sites for hydroxylation is 1. The lowest BCUT2D eigenvalue weighted by Gasteiger charge is -2.06. The summed E-state index contributed by atoms with van der Waals surface area (Å²) in [5.41, 5.74) is 10.1. The van der Waals surface area contributed by atoms with E-state index in [1.54, 1.807) is 11.8 Å². The summed E-state index contributed by atoms with van der Waals surface area (Å²) >= 11 is 1.64. The van der Waals surface area contributed by atoms with Crippen LogP contribution in [0.4, 0.5) is 5.69 Å². The van der Waals surface area contributed by atoms with E-state index in [-0.39, 0.29) is 5.91 Å². The molecule has 0 bridgehead atoms. The van der Waals surface area contributed by atoms with Crippen molar-refractivity contribution in [3.8, 4) is 0 Å². The molecule has 0 spiro atoms. The molecule has 2 aromatic rings. The first-order chi connectivity index (χ1) is 10.6. The highest BCUT2D eigenvalue weighted by molar-refractivity contribution is 7.99. The van der Waals surface area contributed by atoms with Crippen molar-refractivity contribution in [2.75, 3.05) is 18.0 Å². The fraction of sp³-hybridized carbons (Fsp3) is 0.278. The molecule has 0 radical (unpaired) electrons. The minimum atomic E-state index is 0.0908. The molecule has 116 valence electrons. The van der Waals surface area contributed by atoms with Crippen LogP contribution < -0.4 is 11.1 Å². The molecule has 3 N–H and O–H groups in total. The summed E-state index contributed by atoms with van der Waals surface area (Å²) in [6, 6.07) is 16.1. The van der Waals surface area contributed by atoms with Crippen molar-refractivity contribution < 1.29 is 4.79 Å². The summed E-state index contributed by atoms with van der Waals surface area (Å²) < 4.78 is 0. The lowest BCUT2D eigenvalue weighted by molar-refractivity contribution is -0.118. The van der Waals surface area contributed by atoms with Gasteiger partial charge in [0.15, 0.2) is 0 Å². The predicted octanol–water partition coefficient (Wildman–Crippen LogP) is 3.17. The number of hydrogen-bond donors (Lipinski definition) is 2. The number of nitrogens with two attached hydrogens (primary N) is 1. The van der Waals surface area contributed by atoms with Crippen molar-refractivity contribution in [2.45, 2.75) is 19.1 Å². The van der Waals surface area contributed by atoms with E-state index in [9.17, 15) is 4.79 Å². The third-order valence-electron chi connectivity index (χ3n) is 3.30. The molecule has 0 aliphatic carbocycles. The van der Waals surface area contributed by atoms with Gasteiger partial charge in [-0.05, 0) is 36.6 Å². The largest absolute Gasteiger partial charge is 0.399 e. The maximum atomic E-state index is 11.8. The number of hydrogen-bond acceptors (Lipinski definition) is 3. The molecule has 22 heavy (non-hydrogen) atoms. The second-order valence-corrected chi connectivity index (χ2v) is 6.31. The molecule has 0 aromatic heterocycles. The lowest BCUT2D eigenvalue weighted by atomic mass is 10.1. The highest BCUT2D eigenvalue weighted by Crippen LogP contribution is 2.13. The third-order valence-corrected chi connectivity index (χ3v) is 4.30. The van der Waals surface area contributed by atoms with Crippen LogP contribution >= 0.6 is 11.8 Å². The van der Waals surface area contributed by atoms with Crippen LogP contribution in [0.15, 0.2) is 48.5 Å². The molecule has 2 rings (SSSR count). The van der Waals surface area contributed by atoms with Crippen LogP contribution in [-0.4, -0.2) is 18.2 Å². The predicted molar refractivity (Wildman–Crippen MR) is 94.9 cm³/mol. The Bertz CT molecular complexity index is 611. The second-order valence-electron chi connectivity index (χ2n) is 5.32. The summed E-state index contributed by atoms with van der Waals surface area (Å²) in [5.74, 6) is 1.45. The quantitative estimate of drug-likeness (QED) is 0.772. The number of thioether (sulfide) groups is 1. The standard InChI is InChI=1S/C18H22N2OS/c1-14-3-2-4-16(11-14)12-22-13-18(21)20-10-9-15-5-7-17(19)8-6-15/h2-8,11H,9-10,12-13,19H2,1H3,(H,20,21). The monoisotopic (exact) mass is 314 g/mol. The van der Waals surface area contributed by atoms with Crippen LogP contribution in [-0.2, 0) is 17.0 Å². The molecule has 1 amide bonds. The van der Waals surface area contributed by atoms with E-state index in [1.807, 2.05) is 24.3 Å².